The summed E-state index contributed by atoms with van der Waals surface area (Å²) in [6.45, 7) is 1.23. The van der Waals surface area contributed by atoms with Gasteiger partial charge in [0.15, 0.2) is 5.78 Å². The molecule has 0 radical (unpaired) electrons. The van der Waals surface area contributed by atoms with Gasteiger partial charge in [-0.25, -0.2) is 0 Å². The third-order valence-corrected chi connectivity index (χ3v) is 2.17. The Bertz CT molecular complexity index is 400. The standard InChI is InChI=1S/C10H9BrO4/c1-6(12)15-9-4-2-3-7(13)10(9)8(14)5-11/h2-4,13H,5H2,1H3. The van der Waals surface area contributed by atoms with E-state index in [1.54, 1.807) is 0 Å². The minimum Gasteiger partial charge on any atom is -0.507 e. The minimum atomic E-state index is -0.538. The van der Waals surface area contributed by atoms with Crippen LogP contribution in [0.3, 0.4) is 0 Å². The maximum atomic E-state index is 11.4. The third-order valence-electron chi connectivity index (χ3n) is 1.66. The fourth-order valence-electron chi connectivity index (χ4n) is 1.11. The Morgan fingerprint density at radius 1 is 1.47 bits per heavy atom. The molecule has 15 heavy (non-hydrogen) atoms. The number of Topliss-reactive ketones (excluding diaryl/α,β-unsaturated/α-hetero) is 1. The molecule has 0 aliphatic carbocycles. The zero-order valence-electron chi connectivity index (χ0n) is 7.99. The number of hydrogen-bond donors (Lipinski definition) is 1. The highest BCUT2D eigenvalue weighted by molar-refractivity contribution is 9.09. The lowest BCUT2D eigenvalue weighted by atomic mass is 10.1. The predicted octanol–water partition coefficient (Wildman–Crippen LogP) is 1.90. The van der Waals surface area contributed by atoms with Gasteiger partial charge in [0.25, 0.3) is 0 Å². The van der Waals surface area contributed by atoms with Crippen molar-refractivity contribution in [3.05, 3.63) is 23.8 Å². The highest BCUT2D eigenvalue weighted by atomic mass is 79.9. The monoisotopic (exact) mass is 272 g/mol. The van der Waals surface area contributed by atoms with Crippen LogP contribution in [0.2, 0.25) is 0 Å². The van der Waals surface area contributed by atoms with Crippen LogP contribution in [0, 0.1) is 0 Å². The summed E-state index contributed by atoms with van der Waals surface area (Å²) in [6, 6.07) is 4.32. The first-order valence-electron chi connectivity index (χ1n) is 4.15. The van der Waals surface area contributed by atoms with Gasteiger partial charge < -0.3 is 9.84 Å². The van der Waals surface area contributed by atoms with Crippen LogP contribution < -0.4 is 4.74 Å². The molecule has 0 saturated carbocycles. The summed E-state index contributed by atoms with van der Waals surface area (Å²) in [6.07, 6.45) is 0. The number of rotatable bonds is 3. The van der Waals surface area contributed by atoms with E-state index < -0.39 is 5.97 Å². The number of carbonyl (C=O) groups excluding carboxylic acids is 2. The number of benzene rings is 1. The van der Waals surface area contributed by atoms with Crippen LogP contribution in [0.25, 0.3) is 0 Å². The molecular formula is C10H9BrO4. The SMILES string of the molecule is CC(=O)Oc1cccc(O)c1C(=O)CBr. The first-order chi connectivity index (χ1) is 7.06. The van der Waals surface area contributed by atoms with Gasteiger partial charge in [-0.2, -0.15) is 0 Å². The molecule has 0 amide bonds. The van der Waals surface area contributed by atoms with Gasteiger partial charge >= 0.3 is 5.97 Å². The summed E-state index contributed by atoms with van der Waals surface area (Å²) in [5.74, 6) is -1.00. The average molecular weight is 273 g/mol. The minimum absolute atomic E-state index is 0.0181. The Morgan fingerprint density at radius 2 is 2.13 bits per heavy atom. The molecular weight excluding hydrogens is 264 g/mol. The van der Waals surface area contributed by atoms with Crippen LogP contribution in [0.15, 0.2) is 18.2 Å². The number of alkyl halides is 1. The molecule has 0 atom stereocenters. The number of ether oxygens (including phenoxy) is 1. The summed E-state index contributed by atoms with van der Waals surface area (Å²) < 4.78 is 4.81. The van der Waals surface area contributed by atoms with Gasteiger partial charge in [-0.05, 0) is 12.1 Å². The molecule has 4 nitrogen and oxygen atoms in total. The molecule has 1 rings (SSSR count). The maximum Gasteiger partial charge on any atom is 0.308 e. The quantitative estimate of drug-likeness (QED) is 0.395. The van der Waals surface area contributed by atoms with E-state index in [4.69, 9.17) is 4.74 Å². The van der Waals surface area contributed by atoms with Crippen molar-refractivity contribution in [2.75, 3.05) is 5.33 Å². The van der Waals surface area contributed by atoms with Gasteiger partial charge in [-0.1, -0.05) is 22.0 Å². The number of phenolic OH excluding ortho intramolecular Hbond substituents is 1. The lowest BCUT2D eigenvalue weighted by Gasteiger charge is -2.08. The van der Waals surface area contributed by atoms with E-state index in [0.29, 0.717) is 0 Å². The second-order valence-corrected chi connectivity index (χ2v) is 3.36. The molecule has 1 aromatic rings. The number of ketones is 1. The first kappa shape index (κ1) is 11.7. The molecule has 1 N–H and O–H groups in total. The van der Waals surface area contributed by atoms with Crippen molar-refractivity contribution >= 4 is 27.7 Å². The molecule has 0 aliphatic rings. The maximum absolute atomic E-state index is 11.4. The Balaban J connectivity index is 3.20. The summed E-state index contributed by atoms with van der Waals surface area (Å²) in [5.41, 5.74) is 0.0181. The lowest BCUT2D eigenvalue weighted by Crippen LogP contribution is -2.08. The van der Waals surface area contributed by atoms with E-state index in [1.807, 2.05) is 0 Å². The van der Waals surface area contributed by atoms with Gasteiger partial charge in [0.05, 0.1) is 5.33 Å². The molecule has 80 valence electrons. The molecule has 0 heterocycles. The topological polar surface area (TPSA) is 63.6 Å². The number of phenols is 1. The smallest absolute Gasteiger partial charge is 0.308 e. The van der Waals surface area contributed by atoms with E-state index in [-0.39, 0.29) is 28.2 Å². The van der Waals surface area contributed by atoms with Gasteiger partial charge in [0.1, 0.15) is 17.1 Å². The zero-order chi connectivity index (χ0) is 11.4. The van der Waals surface area contributed by atoms with E-state index in [9.17, 15) is 14.7 Å². The number of halogens is 1. The van der Waals surface area contributed by atoms with Crippen molar-refractivity contribution in [2.45, 2.75) is 6.92 Å². The fourth-order valence-corrected chi connectivity index (χ4v) is 1.39. The Morgan fingerprint density at radius 3 is 2.67 bits per heavy atom. The number of aromatic hydroxyl groups is 1. The van der Waals surface area contributed by atoms with Crippen molar-refractivity contribution in [2.24, 2.45) is 0 Å². The molecule has 0 aliphatic heterocycles. The van der Waals surface area contributed by atoms with Gasteiger partial charge in [0, 0.05) is 6.92 Å². The lowest BCUT2D eigenvalue weighted by molar-refractivity contribution is -0.131. The van der Waals surface area contributed by atoms with Crippen LogP contribution in [-0.4, -0.2) is 22.2 Å². The number of carbonyl (C=O) groups is 2. The Labute approximate surface area is 95.0 Å². The van der Waals surface area contributed by atoms with E-state index in [0.717, 1.165) is 0 Å². The number of esters is 1. The van der Waals surface area contributed by atoms with E-state index in [2.05, 4.69) is 15.9 Å². The second-order valence-electron chi connectivity index (χ2n) is 2.80. The van der Waals surface area contributed by atoms with Gasteiger partial charge in [-0.3, -0.25) is 9.59 Å². The van der Waals surface area contributed by atoms with Crippen LogP contribution in [0.4, 0.5) is 0 Å². The second kappa shape index (κ2) is 4.93. The molecule has 0 spiro atoms. The van der Waals surface area contributed by atoms with E-state index >= 15 is 0 Å². The molecule has 0 aromatic heterocycles. The van der Waals surface area contributed by atoms with Crippen molar-refractivity contribution in [3.63, 3.8) is 0 Å². The summed E-state index contributed by atoms with van der Waals surface area (Å²) in [7, 11) is 0. The summed E-state index contributed by atoms with van der Waals surface area (Å²) in [5, 5.41) is 9.53. The van der Waals surface area contributed by atoms with Gasteiger partial charge in [0.2, 0.25) is 0 Å². The predicted molar refractivity (Wildman–Crippen MR) is 57.5 cm³/mol. The number of hydrogen-bond acceptors (Lipinski definition) is 4. The highest BCUT2D eigenvalue weighted by Crippen LogP contribution is 2.28. The molecule has 0 unspecified atom stereocenters. The summed E-state index contributed by atoms with van der Waals surface area (Å²) >= 11 is 2.98. The third kappa shape index (κ3) is 2.79. The normalized spacial score (nSPS) is 9.73. The van der Waals surface area contributed by atoms with Crippen LogP contribution in [0.1, 0.15) is 17.3 Å². The zero-order valence-corrected chi connectivity index (χ0v) is 9.58. The molecule has 0 saturated heterocycles. The fraction of sp³-hybridized carbons (Fsp3) is 0.200. The van der Waals surface area contributed by atoms with Crippen molar-refractivity contribution < 1.29 is 19.4 Å². The van der Waals surface area contributed by atoms with Crippen molar-refractivity contribution in [1.82, 2.24) is 0 Å². The molecule has 0 bridgehead atoms. The molecule has 0 fully saturated rings. The van der Waals surface area contributed by atoms with Crippen LogP contribution >= 0.6 is 15.9 Å². The van der Waals surface area contributed by atoms with Crippen LogP contribution in [-0.2, 0) is 4.79 Å². The Hall–Kier alpha value is -1.36. The van der Waals surface area contributed by atoms with E-state index in [1.165, 1.54) is 25.1 Å². The molecule has 1 aromatic carbocycles. The Kier molecular flexibility index (Phi) is 3.85. The summed E-state index contributed by atoms with van der Waals surface area (Å²) in [4.78, 5) is 22.2. The van der Waals surface area contributed by atoms with Crippen molar-refractivity contribution in [1.29, 1.82) is 0 Å². The average Bonchev–Trinajstić information content (AvgIpc) is 2.16. The van der Waals surface area contributed by atoms with Crippen molar-refractivity contribution in [3.8, 4) is 11.5 Å². The highest BCUT2D eigenvalue weighted by Gasteiger charge is 2.17. The van der Waals surface area contributed by atoms with Crippen LogP contribution in [0.5, 0.6) is 11.5 Å². The largest absolute Gasteiger partial charge is 0.507 e. The molecule has 5 heteroatoms. The first-order valence-corrected chi connectivity index (χ1v) is 5.28. The van der Waals surface area contributed by atoms with Gasteiger partial charge in [-0.15, -0.1) is 0 Å².